The maximum Gasteiger partial charge on any atom is 0.573 e. The summed E-state index contributed by atoms with van der Waals surface area (Å²) in [5.41, 5.74) is 0.272. The predicted octanol–water partition coefficient (Wildman–Crippen LogP) is 4.61. The minimum Gasteiger partial charge on any atom is -0.406 e. The summed E-state index contributed by atoms with van der Waals surface area (Å²) in [6.45, 7) is 1.64. The lowest BCUT2D eigenvalue weighted by Gasteiger charge is -2.13. The van der Waals surface area contributed by atoms with Gasteiger partial charge < -0.3 is 10.1 Å². The van der Waals surface area contributed by atoms with Gasteiger partial charge in [-0.25, -0.2) is 0 Å². The van der Waals surface area contributed by atoms with Crippen LogP contribution in [0.2, 0.25) is 0 Å². The fourth-order valence-corrected chi connectivity index (χ4v) is 2.76. The van der Waals surface area contributed by atoms with E-state index in [1.807, 2.05) is 0 Å². The first-order valence-electron chi connectivity index (χ1n) is 7.22. The van der Waals surface area contributed by atoms with Gasteiger partial charge in [-0.1, -0.05) is 0 Å². The van der Waals surface area contributed by atoms with Gasteiger partial charge in [0.1, 0.15) is 5.75 Å². The molecule has 0 aliphatic rings. The third-order valence-corrected chi connectivity index (χ3v) is 4.20. The molecule has 0 saturated carbocycles. The normalized spacial score (nSPS) is 12.3. The standard InChI is InChI=1S/C16H13F3N2O4S/c1-10(26-14-8-4-12(5-9-14)21(23)24)15(22)20-11-2-6-13(7-3-11)25-16(17,18)19/h2-10H,1H3,(H,20,22)/t10-/m1/s1. The maximum atomic E-state index is 12.2. The summed E-state index contributed by atoms with van der Waals surface area (Å²) in [6, 6.07) is 10.5. The van der Waals surface area contributed by atoms with Crippen molar-refractivity contribution in [1.29, 1.82) is 0 Å². The van der Waals surface area contributed by atoms with Crippen molar-refractivity contribution in [3.8, 4) is 5.75 Å². The lowest BCUT2D eigenvalue weighted by atomic mass is 10.3. The Bertz CT molecular complexity index is 780. The molecular weight excluding hydrogens is 373 g/mol. The number of nitrogens with zero attached hydrogens (tertiary/aromatic N) is 1. The monoisotopic (exact) mass is 386 g/mol. The van der Waals surface area contributed by atoms with E-state index in [0.29, 0.717) is 10.6 Å². The zero-order valence-corrected chi connectivity index (χ0v) is 14.1. The summed E-state index contributed by atoms with van der Waals surface area (Å²) in [4.78, 5) is 22.9. The number of benzene rings is 2. The zero-order valence-electron chi connectivity index (χ0n) is 13.3. The Morgan fingerprint density at radius 1 is 1.15 bits per heavy atom. The Hall–Kier alpha value is -2.75. The van der Waals surface area contributed by atoms with Crippen LogP contribution in [0, 0.1) is 10.1 Å². The van der Waals surface area contributed by atoms with Crippen molar-refractivity contribution in [3.05, 3.63) is 58.6 Å². The molecule has 0 fully saturated rings. The number of thioether (sulfide) groups is 1. The first-order chi connectivity index (χ1) is 12.1. The number of anilines is 1. The first-order valence-corrected chi connectivity index (χ1v) is 8.10. The van der Waals surface area contributed by atoms with Gasteiger partial charge in [0.2, 0.25) is 5.91 Å². The average Bonchev–Trinajstić information content (AvgIpc) is 2.55. The van der Waals surface area contributed by atoms with Gasteiger partial charge in [-0.15, -0.1) is 24.9 Å². The minimum absolute atomic E-state index is 0.0485. The summed E-state index contributed by atoms with van der Waals surface area (Å²) in [6.07, 6.45) is -4.78. The SMILES string of the molecule is C[C@@H](Sc1ccc([N+](=O)[O-])cc1)C(=O)Nc1ccc(OC(F)(F)F)cc1. The van der Waals surface area contributed by atoms with E-state index in [1.165, 1.54) is 48.2 Å². The number of hydrogen-bond donors (Lipinski definition) is 1. The Morgan fingerprint density at radius 3 is 2.23 bits per heavy atom. The van der Waals surface area contributed by atoms with E-state index in [0.717, 1.165) is 12.1 Å². The Kier molecular flexibility index (Phi) is 6.09. The van der Waals surface area contributed by atoms with E-state index < -0.39 is 16.5 Å². The molecule has 0 aromatic heterocycles. The third kappa shape index (κ3) is 5.96. The van der Waals surface area contributed by atoms with Crippen LogP contribution in [0.4, 0.5) is 24.5 Å². The summed E-state index contributed by atoms with van der Waals surface area (Å²) < 4.78 is 40.1. The van der Waals surface area contributed by atoms with E-state index in [9.17, 15) is 28.1 Å². The van der Waals surface area contributed by atoms with Crippen LogP contribution in [0.15, 0.2) is 53.4 Å². The van der Waals surface area contributed by atoms with E-state index in [-0.39, 0.29) is 17.3 Å². The van der Waals surface area contributed by atoms with Crippen molar-refractivity contribution in [3.63, 3.8) is 0 Å². The van der Waals surface area contributed by atoms with Crippen LogP contribution in [0.25, 0.3) is 0 Å². The number of amides is 1. The number of hydrogen-bond acceptors (Lipinski definition) is 5. The van der Waals surface area contributed by atoms with Gasteiger partial charge in [-0.05, 0) is 43.3 Å². The molecule has 0 unspecified atom stereocenters. The van der Waals surface area contributed by atoms with Crippen molar-refractivity contribution in [1.82, 2.24) is 0 Å². The van der Waals surface area contributed by atoms with Crippen molar-refractivity contribution in [2.24, 2.45) is 0 Å². The van der Waals surface area contributed by atoms with Crippen LogP contribution in [0.5, 0.6) is 5.75 Å². The highest BCUT2D eigenvalue weighted by Crippen LogP contribution is 2.27. The van der Waals surface area contributed by atoms with Gasteiger partial charge in [-0.2, -0.15) is 0 Å². The molecule has 1 amide bonds. The second-order valence-corrected chi connectivity index (χ2v) is 6.49. The molecule has 0 spiro atoms. The first kappa shape index (κ1) is 19.6. The molecule has 2 aromatic carbocycles. The predicted molar refractivity (Wildman–Crippen MR) is 90.2 cm³/mol. The molecular formula is C16H13F3N2O4S. The van der Waals surface area contributed by atoms with Crippen LogP contribution >= 0.6 is 11.8 Å². The number of non-ortho nitro benzene ring substituents is 1. The Morgan fingerprint density at radius 2 is 1.73 bits per heavy atom. The largest absolute Gasteiger partial charge is 0.573 e. The van der Waals surface area contributed by atoms with E-state index in [2.05, 4.69) is 10.1 Å². The Labute approximate surface area is 150 Å². The van der Waals surface area contributed by atoms with E-state index >= 15 is 0 Å². The summed E-state index contributed by atoms with van der Waals surface area (Å²) in [7, 11) is 0. The van der Waals surface area contributed by atoms with Crippen LogP contribution in [-0.2, 0) is 4.79 Å². The molecule has 6 nitrogen and oxygen atoms in total. The third-order valence-electron chi connectivity index (χ3n) is 3.09. The quantitative estimate of drug-likeness (QED) is 0.445. The van der Waals surface area contributed by atoms with Gasteiger partial charge >= 0.3 is 6.36 Å². The van der Waals surface area contributed by atoms with Crippen molar-refractivity contribution >= 4 is 29.0 Å². The summed E-state index contributed by atoms with van der Waals surface area (Å²) in [5.74, 6) is -0.748. The average molecular weight is 386 g/mol. The van der Waals surface area contributed by atoms with Gasteiger partial charge in [0.05, 0.1) is 10.2 Å². The molecule has 0 radical (unpaired) electrons. The van der Waals surface area contributed by atoms with Gasteiger partial charge in [0, 0.05) is 22.7 Å². The number of nitro groups is 1. The smallest absolute Gasteiger partial charge is 0.406 e. The second-order valence-electron chi connectivity index (χ2n) is 5.07. The molecule has 0 aliphatic carbocycles. The van der Waals surface area contributed by atoms with Gasteiger partial charge in [0.25, 0.3) is 5.69 Å². The minimum atomic E-state index is -4.78. The van der Waals surface area contributed by atoms with Crippen LogP contribution in [0.1, 0.15) is 6.92 Å². The van der Waals surface area contributed by atoms with Gasteiger partial charge in [0.15, 0.2) is 0 Å². The van der Waals surface area contributed by atoms with Crippen LogP contribution in [-0.4, -0.2) is 22.4 Å². The number of carbonyl (C=O) groups is 1. The number of nitrogens with one attached hydrogen (secondary N) is 1. The van der Waals surface area contributed by atoms with Crippen LogP contribution in [0.3, 0.4) is 0 Å². The molecule has 2 rings (SSSR count). The van der Waals surface area contributed by atoms with Crippen molar-refractivity contribution in [2.75, 3.05) is 5.32 Å². The lowest BCUT2D eigenvalue weighted by molar-refractivity contribution is -0.384. The molecule has 0 saturated heterocycles. The molecule has 138 valence electrons. The maximum absolute atomic E-state index is 12.2. The zero-order chi connectivity index (χ0) is 19.3. The van der Waals surface area contributed by atoms with Crippen LogP contribution < -0.4 is 10.1 Å². The number of carbonyl (C=O) groups excluding carboxylic acids is 1. The molecule has 0 heterocycles. The molecule has 0 bridgehead atoms. The molecule has 1 atom stereocenters. The van der Waals surface area contributed by atoms with Crippen molar-refractivity contribution < 1.29 is 27.6 Å². The Balaban J connectivity index is 1.93. The highest BCUT2D eigenvalue weighted by Gasteiger charge is 2.31. The highest BCUT2D eigenvalue weighted by atomic mass is 32.2. The van der Waals surface area contributed by atoms with E-state index in [1.54, 1.807) is 6.92 Å². The number of rotatable bonds is 6. The molecule has 26 heavy (non-hydrogen) atoms. The molecule has 2 aromatic rings. The second kappa shape index (κ2) is 8.09. The lowest BCUT2D eigenvalue weighted by Crippen LogP contribution is -2.22. The number of halogens is 3. The molecule has 0 aliphatic heterocycles. The topological polar surface area (TPSA) is 81.5 Å². The number of nitro benzene ring substituents is 1. The van der Waals surface area contributed by atoms with E-state index in [4.69, 9.17) is 0 Å². The number of alkyl halides is 3. The van der Waals surface area contributed by atoms with Crippen molar-refractivity contribution in [2.45, 2.75) is 23.4 Å². The fraction of sp³-hybridized carbons (Fsp3) is 0.188. The van der Waals surface area contributed by atoms with Gasteiger partial charge in [-0.3, -0.25) is 14.9 Å². The fourth-order valence-electron chi connectivity index (χ4n) is 1.89. The highest BCUT2D eigenvalue weighted by molar-refractivity contribution is 8.00. The molecule has 1 N–H and O–H groups in total. The summed E-state index contributed by atoms with van der Waals surface area (Å²) >= 11 is 1.19. The molecule has 10 heteroatoms. The number of ether oxygens (including phenoxy) is 1. The summed E-state index contributed by atoms with van der Waals surface area (Å²) in [5, 5.41) is 12.7.